The Morgan fingerprint density at radius 1 is 1.00 bits per heavy atom. The van der Waals surface area contributed by atoms with Gasteiger partial charge in [0.05, 0.1) is 12.8 Å². The van der Waals surface area contributed by atoms with Crippen LogP contribution in [0.2, 0.25) is 0 Å². The topological polar surface area (TPSA) is 72.8 Å². The molecule has 0 unspecified atom stereocenters. The van der Waals surface area contributed by atoms with Crippen molar-refractivity contribution in [1.29, 1.82) is 0 Å². The van der Waals surface area contributed by atoms with Gasteiger partial charge in [-0.15, -0.1) is 0 Å². The number of ether oxygens (including phenoxy) is 2. The molecule has 0 aliphatic carbocycles. The first kappa shape index (κ1) is 13.2. The van der Waals surface area contributed by atoms with Crippen molar-refractivity contribution in [2.75, 3.05) is 6.79 Å². The van der Waals surface area contributed by atoms with Gasteiger partial charge in [-0.25, -0.2) is 0 Å². The largest absolute Gasteiger partial charge is 0.461 e. The van der Waals surface area contributed by atoms with E-state index in [1.165, 1.54) is 0 Å². The number of carbonyl (C=O) groups is 2. The number of benzene rings is 1. The highest BCUT2D eigenvalue weighted by molar-refractivity contribution is 5.77. The number of hydrogen-bond donors (Lipinski definition) is 1. The smallest absolute Gasteiger partial charge is 0.308 e. The maximum atomic E-state index is 11.2. The van der Waals surface area contributed by atoms with E-state index in [0.717, 1.165) is 5.56 Å². The molecule has 5 heteroatoms. The summed E-state index contributed by atoms with van der Waals surface area (Å²) < 4.78 is 9.21. The molecular weight excluding hydrogens is 224 g/mol. The van der Waals surface area contributed by atoms with Crippen LogP contribution in [0.15, 0.2) is 30.3 Å². The summed E-state index contributed by atoms with van der Waals surface area (Å²) in [4.78, 5) is 22.1. The fourth-order valence-corrected chi connectivity index (χ4v) is 1.16. The molecule has 1 N–H and O–H groups in total. The van der Waals surface area contributed by atoms with Crippen molar-refractivity contribution in [2.24, 2.45) is 0 Å². The summed E-state index contributed by atoms with van der Waals surface area (Å²) in [6.07, 6.45) is -0.139. The van der Waals surface area contributed by atoms with Crippen molar-refractivity contribution in [3.8, 4) is 0 Å². The Balaban J connectivity index is 2.20. The SMILES string of the molecule is O=C(CCC(=O)OCc1ccccc1)OCO. The van der Waals surface area contributed by atoms with Crippen LogP contribution < -0.4 is 0 Å². The van der Waals surface area contributed by atoms with Gasteiger partial charge in [-0.1, -0.05) is 30.3 Å². The van der Waals surface area contributed by atoms with Crippen molar-refractivity contribution < 1.29 is 24.2 Å². The van der Waals surface area contributed by atoms with Crippen LogP contribution >= 0.6 is 0 Å². The Kier molecular flexibility index (Phi) is 5.74. The van der Waals surface area contributed by atoms with Crippen molar-refractivity contribution in [1.82, 2.24) is 0 Å². The fourth-order valence-electron chi connectivity index (χ4n) is 1.16. The lowest BCUT2D eigenvalue weighted by molar-refractivity contribution is -0.156. The third kappa shape index (κ3) is 5.67. The molecule has 0 spiro atoms. The van der Waals surface area contributed by atoms with Crippen LogP contribution in [0, 0.1) is 0 Å². The van der Waals surface area contributed by atoms with Crippen LogP contribution in [-0.2, 0) is 25.7 Å². The maximum Gasteiger partial charge on any atom is 0.308 e. The minimum Gasteiger partial charge on any atom is -0.461 e. The van der Waals surface area contributed by atoms with Crippen LogP contribution in [0.4, 0.5) is 0 Å². The molecule has 0 radical (unpaired) electrons. The first-order chi connectivity index (χ1) is 8.22. The molecule has 0 aromatic heterocycles. The zero-order chi connectivity index (χ0) is 12.5. The van der Waals surface area contributed by atoms with Crippen LogP contribution in [0.3, 0.4) is 0 Å². The number of esters is 2. The third-order valence-electron chi connectivity index (χ3n) is 2.00. The van der Waals surface area contributed by atoms with Gasteiger partial charge in [0.1, 0.15) is 6.61 Å². The van der Waals surface area contributed by atoms with Crippen LogP contribution in [0.5, 0.6) is 0 Å². The standard InChI is InChI=1S/C12H14O5/c13-9-17-12(15)7-6-11(14)16-8-10-4-2-1-3-5-10/h1-5,13H,6-9H2. The van der Waals surface area contributed by atoms with E-state index in [1.807, 2.05) is 30.3 Å². The monoisotopic (exact) mass is 238 g/mol. The number of aliphatic hydroxyl groups excluding tert-OH is 1. The highest BCUT2D eigenvalue weighted by atomic mass is 16.6. The summed E-state index contributed by atoms with van der Waals surface area (Å²) >= 11 is 0. The summed E-state index contributed by atoms with van der Waals surface area (Å²) in [5, 5.41) is 8.29. The minimum atomic E-state index is -0.669. The predicted molar refractivity (Wildman–Crippen MR) is 58.6 cm³/mol. The molecule has 0 heterocycles. The van der Waals surface area contributed by atoms with Crippen LogP contribution in [-0.4, -0.2) is 23.8 Å². The van der Waals surface area contributed by atoms with Crippen molar-refractivity contribution in [3.05, 3.63) is 35.9 Å². The van der Waals surface area contributed by atoms with E-state index in [-0.39, 0.29) is 19.4 Å². The van der Waals surface area contributed by atoms with Gasteiger partial charge < -0.3 is 14.6 Å². The molecule has 0 atom stereocenters. The number of rotatable bonds is 6. The van der Waals surface area contributed by atoms with E-state index in [1.54, 1.807) is 0 Å². The second-order valence-electron chi connectivity index (χ2n) is 3.29. The number of carbonyl (C=O) groups excluding carboxylic acids is 2. The number of hydrogen-bond acceptors (Lipinski definition) is 5. The van der Waals surface area contributed by atoms with Gasteiger partial charge >= 0.3 is 11.9 Å². The van der Waals surface area contributed by atoms with E-state index in [9.17, 15) is 9.59 Å². The van der Waals surface area contributed by atoms with E-state index < -0.39 is 18.7 Å². The van der Waals surface area contributed by atoms with E-state index >= 15 is 0 Å². The Labute approximate surface area is 99.0 Å². The Bertz CT molecular complexity index is 360. The van der Waals surface area contributed by atoms with Gasteiger partial charge in [0.15, 0.2) is 6.79 Å². The van der Waals surface area contributed by atoms with Crippen LogP contribution in [0.1, 0.15) is 18.4 Å². The van der Waals surface area contributed by atoms with Gasteiger partial charge in [-0.05, 0) is 5.56 Å². The van der Waals surface area contributed by atoms with Gasteiger partial charge in [-0.3, -0.25) is 9.59 Å². The summed E-state index contributed by atoms with van der Waals surface area (Å²) in [5.74, 6) is -1.09. The normalized spacial score (nSPS) is 9.71. The molecule has 92 valence electrons. The summed E-state index contributed by atoms with van der Waals surface area (Å²) in [6, 6.07) is 9.25. The molecular formula is C12H14O5. The molecule has 0 saturated heterocycles. The highest BCUT2D eigenvalue weighted by Crippen LogP contribution is 2.03. The Morgan fingerprint density at radius 2 is 1.59 bits per heavy atom. The molecule has 0 aliphatic heterocycles. The maximum absolute atomic E-state index is 11.2. The zero-order valence-corrected chi connectivity index (χ0v) is 9.30. The van der Waals surface area contributed by atoms with Gasteiger partial charge in [-0.2, -0.15) is 0 Å². The molecule has 1 aromatic rings. The Hall–Kier alpha value is -1.88. The molecule has 1 rings (SSSR count). The zero-order valence-electron chi connectivity index (χ0n) is 9.30. The average Bonchev–Trinajstić information content (AvgIpc) is 2.35. The molecule has 0 amide bonds. The molecule has 1 aromatic carbocycles. The highest BCUT2D eigenvalue weighted by Gasteiger charge is 2.08. The first-order valence-electron chi connectivity index (χ1n) is 5.18. The average molecular weight is 238 g/mol. The summed E-state index contributed by atoms with van der Waals surface area (Å²) in [7, 11) is 0. The molecule has 0 fully saturated rings. The fraction of sp³-hybridized carbons (Fsp3) is 0.333. The van der Waals surface area contributed by atoms with Crippen molar-refractivity contribution in [3.63, 3.8) is 0 Å². The number of aliphatic hydroxyl groups is 1. The minimum absolute atomic E-state index is 0.0499. The van der Waals surface area contributed by atoms with Crippen molar-refractivity contribution in [2.45, 2.75) is 19.4 Å². The second-order valence-corrected chi connectivity index (χ2v) is 3.29. The van der Waals surface area contributed by atoms with E-state index in [4.69, 9.17) is 9.84 Å². The summed E-state index contributed by atoms with van der Waals surface area (Å²) in [6.45, 7) is -0.480. The van der Waals surface area contributed by atoms with Crippen molar-refractivity contribution >= 4 is 11.9 Å². The van der Waals surface area contributed by atoms with E-state index in [0.29, 0.717) is 0 Å². The van der Waals surface area contributed by atoms with Gasteiger partial charge in [0, 0.05) is 0 Å². The molecule has 17 heavy (non-hydrogen) atoms. The molecule has 0 saturated carbocycles. The van der Waals surface area contributed by atoms with Gasteiger partial charge in [0.25, 0.3) is 0 Å². The lowest BCUT2D eigenvalue weighted by atomic mass is 10.2. The predicted octanol–water partition coefficient (Wildman–Crippen LogP) is 1.00. The third-order valence-corrected chi connectivity index (χ3v) is 2.00. The van der Waals surface area contributed by atoms with E-state index in [2.05, 4.69) is 4.74 Å². The molecule has 0 aliphatic rings. The lowest BCUT2D eigenvalue weighted by Gasteiger charge is -2.04. The molecule has 5 nitrogen and oxygen atoms in total. The second kappa shape index (κ2) is 7.40. The van der Waals surface area contributed by atoms with Gasteiger partial charge in [0.2, 0.25) is 0 Å². The first-order valence-corrected chi connectivity index (χ1v) is 5.18. The molecule has 0 bridgehead atoms. The van der Waals surface area contributed by atoms with Crippen LogP contribution in [0.25, 0.3) is 0 Å². The lowest BCUT2D eigenvalue weighted by Crippen LogP contribution is -2.10. The summed E-state index contributed by atoms with van der Waals surface area (Å²) in [5.41, 5.74) is 0.888. The Morgan fingerprint density at radius 3 is 2.18 bits per heavy atom. The quantitative estimate of drug-likeness (QED) is 0.591.